The lowest BCUT2D eigenvalue weighted by atomic mass is 9.84. The van der Waals surface area contributed by atoms with Crippen molar-refractivity contribution < 1.29 is 13.2 Å². The van der Waals surface area contributed by atoms with E-state index in [1.54, 1.807) is 13.0 Å². The molecule has 21 heavy (non-hydrogen) atoms. The molecule has 0 bridgehead atoms. The van der Waals surface area contributed by atoms with E-state index in [0.29, 0.717) is 5.56 Å². The van der Waals surface area contributed by atoms with E-state index >= 15 is 0 Å². The largest absolute Gasteiger partial charge is 0.416 e. The Kier molecular flexibility index (Phi) is 5.85. The highest BCUT2D eigenvalue weighted by atomic mass is 19.4. The minimum atomic E-state index is -4.28. The molecule has 1 N–H and O–H groups in total. The molecule has 0 saturated carbocycles. The van der Waals surface area contributed by atoms with E-state index in [0.717, 1.165) is 24.9 Å². The second kappa shape index (κ2) is 6.82. The number of nitrogens with one attached hydrogen (secondary N) is 1. The minimum Gasteiger partial charge on any atom is -0.310 e. The first kappa shape index (κ1) is 18.0. The van der Waals surface area contributed by atoms with Crippen molar-refractivity contribution in [2.45, 2.75) is 59.7 Å². The first-order valence-corrected chi connectivity index (χ1v) is 7.45. The first-order chi connectivity index (χ1) is 9.54. The van der Waals surface area contributed by atoms with Crippen LogP contribution in [0, 0.1) is 12.3 Å². The molecule has 1 rings (SSSR count). The fraction of sp³-hybridized carbons (Fsp3) is 0.647. The van der Waals surface area contributed by atoms with Crippen LogP contribution in [0.1, 0.15) is 63.3 Å². The summed E-state index contributed by atoms with van der Waals surface area (Å²) in [6, 6.07) is 4.15. The highest BCUT2D eigenvalue weighted by Crippen LogP contribution is 2.34. The molecule has 1 atom stereocenters. The van der Waals surface area contributed by atoms with Crippen LogP contribution in [0.5, 0.6) is 0 Å². The molecule has 0 aliphatic rings. The lowest BCUT2D eigenvalue weighted by molar-refractivity contribution is -0.137. The van der Waals surface area contributed by atoms with Gasteiger partial charge in [-0.3, -0.25) is 0 Å². The number of rotatable bonds is 5. The molecule has 1 aromatic rings. The minimum absolute atomic E-state index is 0.0900. The van der Waals surface area contributed by atoms with Gasteiger partial charge in [-0.25, -0.2) is 0 Å². The molecule has 4 heteroatoms. The quantitative estimate of drug-likeness (QED) is 0.758. The van der Waals surface area contributed by atoms with Crippen molar-refractivity contribution in [3.8, 4) is 0 Å². The molecule has 0 heterocycles. The third-order valence-corrected chi connectivity index (χ3v) is 3.43. The van der Waals surface area contributed by atoms with Crippen LogP contribution in [0.25, 0.3) is 0 Å². The fourth-order valence-electron chi connectivity index (χ4n) is 2.47. The Bertz CT molecular complexity index is 458. The van der Waals surface area contributed by atoms with Gasteiger partial charge in [-0.1, -0.05) is 33.8 Å². The third-order valence-electron chi connectivity index (χ3n) is 3.43. The Morgan fingerprint density at radius 2 is 1.76 bits per heavy atom. The molecular weight excluding hydrogens is 275 g/mol. The Hall–Kier alpha value is -1.03. The molecule has 1 aromatic carbocycles. The Morgan fingerprint density at radius 3 is 2.19 bits per heavy atom. The maximum atomic E-state index is 12.8. The average molecular weight is 301 g/mol. The molecule has 0 radical (unpaired) electrons. The Balaban J connectivity index is 3.07. The van der Waals surface area contributed by atoms with Crippen LogP contribution in [-0.4, -0.2) is 6.54 Å². The molecule has 0 aliphatic carbocycles. The summed E-state index contributed by atoms with van der Waals surface area (Å²) in [5.41, 5.74) is 1.20. The topological polar surface area (TPSA) is 12.0 Å². The van der Waals surface area contributed by atoms with Gasteiger partial charge < -0.3 is 5.32 Å². The number of hydrogen-bond donors (Lipinski definition) is 1. The van der Waals surface area contributed by atoms with Gasteiger partial charge in [0.2, 0.25) is 0 Å². The summed E-state index contributed by atoms with van der Waals surface area (Å²) in [6.07, 6.45) is -2.39. The third kappa shape index (κ3) is 5.70. The number of benzene rings is 1. The number of hydrogen-bond acceptors (Lipinski definition) is 1. The van der Waals surface area contributed by atoms with Crippen molar-refractivity contribution in [3.63, 3.8) is 0 Å². The molecule has 0 aromatic heterocycles. The molecule has 0 amide bonds. The van der Waals surface area contributed by atoms with E-state index in [-0.39, 0.29) is 11.5 Å². The van der Waals surface area contributed by atoms with Crippen LogP contribution in [-0.2, 0) is 6.18 Å². The molecule has 0 aliphatic heterocycles. The first-order valence-electron chi connectivity index (χ1n) is 7.45. The van der Waals surface area contributed by atoms with Crippen molar-refractivity contribution in [2.75, 3.05) is 6.54 Å². The maximum Gasteiger partial charge on any atom is 0.416 e. The van der Waals surface area contributed by atoms with Gasteiger partial charge in [-0.2, -0.15) is 13.2 Å². The number of aryl methyl sites for hydroxylation is 1. The molecule has 120 valence electrons. The zero-order valence-corrected chi connectivity index (χ0v) is 13.6. The predicted octanol–water partition coefficient (Wildman–Crippen LogP) is 5.49. The predicted molar refractivity (Wildman–Crippen MR) is 81.3 cm³/mol. The summed E-state index contributed by atoms with van der Waals surface area (Å²) in [6.45, 7) is 11.1. The van der Waals surface area contributed by atoms with Gasteiger partial charge in [0.15, 0.2) is 0 Å². The van der Waals surface area contributed by atoms with Crippen molar-refractivity contribution in [1.29, 1.82) is 0 Å². The van der Waals surface area contributed by atoms with E-state index in [2.05, 4.69) is 33.0 Å². The molecule has 1 nitrogen and oxygen atoms in total. The van der Waals surface area contributed by atoms with Gasteiger partial charge in [-0.15, -0.1) is 0 Å². The summed E-state index contributed by atoms with van der Waals surface area (Å²) in [5.74, 6) is 0. The van der Waals surface area contributed by atoms with Crippen molar-refractivity contribution in [1.82, 2.24) is 5.32 Å². The van der Waals surface area contributed by atoms with E-state index < -0.39 is 11.7 Å². The van der Waals surface area contributed by atoms with Crippen LogP contribution >= 0.6 is 0 Å². The van der Waals surface area contributed by atoms with Gasteiger partial charge in [0.25, 0.3) is 0 Å². The van der Waals surface area contributed by atoms with Gasteiger partial charge in [-0.05, 0) is 55.0 Å². The second-order valence-electron chi connectivity index (χ2n) is 6.84. The Labute approximate surface area is 125 Å². The van der Waals surface area contributed by atoms with Crippen LogP contribution in [0.2, 0.25) is 0 Å². The zero-order valence-electron chi connectivity index (χ0n) is 13.6. The molecule has 1 unspecified atom stereocenters. The van der Waals surface area contributed by atoms with Crippen molar-refractivity contribution >= 4 is 0 Å². The smallest absolute Gasteiger partial charge is 0.310 e. The summed E-state index contributed by atoms with van der Waals surface area (Å²) in [5, 5.41) is 3.46. The lowest BCUT2D eigenvalue weighted by Gasteiger charge is -2.28. The summed E-state index contributed by atoms with van der Waals surface area (Å²) in [7, 11) is 0. The molecule has 0 saturated heterocycles. The van der Waals surface area contributed by atoms with Gasteiger partial charge in [0.1, 0.15) is 0 Å². The van der Waals surface area contributed by atoms with E-state index in [4.69, 9.17) is 0 Å². The second-order valence-corrected chi connectivity index (χ2v) is 6.84. The van der Waals surface area contributed by atoms with E-state index in [1.807, 2.05) is 0 Å². The average Bonchev–Trinajstić information content (AvgIpc) is 2.32. The standard InChI is InChI=1S/C17H26F3N/c1-6-9-21-15(11-16(3,4)5)14-8-7-13(10-12(14)2)17(18,19)20/h7-8,10,15,21H,6,9,11H2,1-5H3. The monoisotopic (exact) mass is 301 g/mol. The van der Waals surface area contributed by atoms with Crippen LogP contribution in [0.4, 0.5) is 13.2 Å². The van der Waals surface area contributed by atoms with Crippen molar-refractivity contribution in [3.05, 3.63) is 34.9 Å². The lowest BCUT2D eigenvalue weighted by Crippen LogP contribution is -2.27. The van der Waals surface area contributed by atoms with Crippen molar-refractivity contribution in [2.24, 2.45) is 5.41 Å². The highest BCUT2D eigenvalue weighted by Gasteiger charge is 2.31. The van der Waals surface area contributed by atoms with E-state index in [9.17, 15) is 13.2 Å². The van der Waals surface area contributed by atoms with Gasteiger partial charge >= 0.3 is 6.18 Å². The fourth-order valence-corrected chi connectivity index (χ4v) is 2.47. The van der Waals surface area contributed by atoms with Gasteiger partial charge in [0, 0.05) is 6.04 Å². The number of alkyl halides is 3. The van der Waals surface area contributed by atoms with Crippen LogP contribution in [0.3, 0.4) is 0 Å². The zero-order chi connectivity index (χ0) is 16.3. The van der Waals surface area contributed by atoms with E-state index in [1.165, 1.54) is 12.1 Å². The summed E-state index contributed by atoms with van der Waals surface area (Å²) in [4.78, 5) is 0. The summed E-state index contributed by atoms with van der Waals surface area (Å²) >= 11 is 0. The van der Waals surface area contributed by atoms with Crippen LogP contribution in [0.15, 0.2) is 18.2 Å². The number of halogens is 3. The SMILES string of the molecule is CCCNC(CC(C)(C)C)c1ccc(C(F)(F)F)cc1C. The molecule has 0 spiro atoms. The summed E-state index contributed by atoms with van der Waals surface area (Å²) < 4.78 is 38.3. The molecular formula is C17H26F3N. The van der Waals surface area contributed by atoms with Gasteiger partial charge in [0.05, 0.1) is 5.56 Å². The highest BCUT2D eigenvalue weighted by molar-refractivity contribution is 5.34. The Morgan fingerprint density at radius 1 is 1.14 bits per heavy atom. The van der Waals surface area contributed by atoms with Crippen LogP contribution < -0.4 is 5.32 Å². The normalized spacial score (nSPS) is 14.3. The molecule has 0 fully saturated rings. The maximum absolute atomic E-state index is 12.8.